The van der Waals surface area contributed by atoms with Crippen LogP contribution in [0.2, 0.25) is 0 Å². The molecule has 1 N–H and O–H groups in total. The number of halogens is 3. The third kappa shape index (κ3) is 2.95. The first kappa shape index (κ1) is 15.6. The molecule has 0 radical (unpaired) electrons. The van der Waals surface area contributed by atoms with Gasteiger partial charge in [-0.1, -0.05) is 0 Å². The third-order valence-electron chi connectivity index (χ3n) is 2.90. The van der Waals surface area contributed by atoms with Crippen LogP contribution in [0.3, 0.4) is 0 Å². The molecular weight excluding hydrogens is 301 g/mol. The lowest BCUT2D eigenvalue weighted by atomic mass is 10.2. The number of hydrogen-bond donors (Lipinski definition) is 1. The number of nitrogens with one attached hydrogen (secondary N) is 1. The molecule has 116 valence electrons. The first-order chi connectivity index (χ1) is 10.3. The Hall–Kier alpha value is -2.77. The molecule has 0 saturated carbocycles. The van der Waals surface area contributed by atoms with Crippen LogP contribution in [0.4, 0.5) is 18.9 Å². The second-order valence-corrected chi connectivity index (χ2v) is 4.41. The number of benzene rings is 1. The molecule has 0 aliphatic heterocycles. The van der Waals surface area contributed by atoms with Crippen molar-refractivity contribution in [1.82, 2.24) is 4.57 Å². The minimum absolute atomic E-state index is 0.0397. The number of aryl methyl sites for hydroxylation is 1. The predicted molar refractivity (Wildman–Crippen MR) is 72.5 cm³/mol. The molecule has 2 rings (SSSR count). The van der Waals surface area contributed by atoms with Crippen LogP contribution in [0, 0.1) is 17.5 Å². The smallest absolute Gasteiger partial charge is 0.272 e. The molecule has 0 bridgehead atoms. The molecule has 0 unspecified atom stereocenters. The van der Waals surface area contributed by atoms with E-state index in [0.717, 1.165) is 6.07 Å². The lowest BCUT2D eigenvalue weighted by Crippen LogP contribution is -2.21. The van der Waals surface area contributed by atoms with Crippen molar-refractivity contribution in [3.05, 3.63) is 57.8 Å². The topological polar surface area (TPSA) is 60.3 Å². The van der Waals surface area contributed by atoms with Gasteiger partial charge in [-0.05, 0) is 0 Å². The normalized spacial score (nSPS) is 10.4. The zero-order valence-corrected chi connectivity index (χ0v) is 11.6. The summed E-state index contributed by atoms with van der Waals surface area (Å²) in [6.07, 6.45) is 1.29. The fraction of sp³-hybridized carbons (Fsp3) is 0.143. The summed E-state index contributed by atoms with van der Waals surface area (Å²) in [6.45, 7) is 0. The average molecular weight is 312 g/mol. The zero-order chi connectivity index (χ0) is 16.4. The highest BCUT2D eigenvalue weighted by atomic mass is 19.2. The molecule has 1 aromatic heterocycles. The van der Waals surface area contributed by atoms with Gasteiger partial charge in [0.25, 0.3) is 5.91 Å². The highest BCUT2D eigenvalue weighted by Gasteiger charge is 2.15. The van der Waals surface area contributed by atoms with Crippen molar-refractivity contribution in [2.75, 3.05) is 12.4 Å². The number of hydrogen-bond acceptors (Lipinski definition) is 3. The van der Waals surface area contributed by atoms with Gasteiger partial charge in [-0.2, -0.15) is 0 Å². The van der Waals surface area contributed by atoms with E-state index in [9.17, 15) is 22.8 Å². The van der Waals surface area contributed by atoms with E-state index in [1.807, 2.05) is 0 Å². The fourth-order valence-electron chi connectivity index (χ4n) is 1.81. The van der Waals surface area contributed by atoms with Gasteiger partial charge in [0, 0.05) is 30.9 Å². The van der Waals surface area contributed by atoms with Gasteiger partial charge >= 0.3 is 0 Å². The molecule has 22 heavy (non-hydrogen) atoms. The molecule has 0 spiro atoms. The first-order valence-electron chi connectivity index (χ1n) is 6.04. The number of anilines is 1. The maximum absolute atomic E-state index is 13.1. The van der Waals surface area contributed by atoms with Crippen LogP contribution < -0.4 is 15.5 Å². The van der Waals surface area contributed by atoms with Crippen molar-refractivity contribution in [2.24, 2.45) is 7.05 Å². The fourth-order valence-corrected chi connectivity index (χ4v) is 1.81. The summed E-state index contributed by atoms with van der Waals surface area (Å²) >= 11 is 0. The lowest BCUT2D eigenvalue weighted by Gasteiger charge is -2.11. The van der Waals surface area contributed by atoms with Crippen LogP contribution in [0.15, 0.2) is 29.2 Å². The number of ether oxygens (including phenoxy) is 1. The molecule has 2 aromatic rings. The molecule has 5 nitrogen and oxygen atoms in total. The molecule has 1 heterocycles. The Bertz CT molecular complexity index is 779. The molecule has 0 aliphatic carbocycles. The summed E-state index contributed by atoms with van der Waals surface area (Å²) in [6, 6.07) is 2.29. The van der Waals surface area contributed by atoms with E-state index in [2.05, 4.69) is 5.32 Å². The summed E-state index contributed by atoms with van der Waals surface area (Å²) < 4.78 is 45.2. The molecule has 1 aromatic carbocycles. The van der Waals surface area contributed by atoms with E-state index < -0.39 is 28.8 Å². The average Bonchev–Trinajstić information content (AvgIpc) is 2.46. The van der Waals surface area contributed by atoms with E-state index in [1.165, 1.54) is 24.9 Å². The Morgan fingerprint density at radius 2 is 1.77 bits per heavy atom. The van der Waals surface area contributed by atoms with Crippen LogP contribution >= 0.6 is 0 Å². The number of amides is 1. The van der Waals surface area contributed by atoms with Gasteiger partial charge in [0.15, 0.2) is 23.2 Å². The standard InChI is InChI=1S/C14H11F3N2O3/c1-19-6-12(22-2)11(20)5-10(19)14(21)18-7-3-8(15)13(17)9(16)4-7/h3-6H,1-2H3,(H,18,21). The molecule has 0 saturated heterocycles. The van der Waals surface area contributed by atoms with Crippen molar-refractivity contribution >= 4 is 11.6 Å². The van der Waals surface area contributed by atoms with E-state index in [0.29, 0.717) is 12.1 Å². The summed E-state index contributed by atoms with van der Waals surface area (Å²) in [4.78, 5) is 23.7. The number of carbonyl (C=O) groups excluding carboxylic acids is 1. The predicted octanol–water partition coefficient (Wildman–Crippen LogP) is 2.06. The number of nitrogens with zero attached hydrogens (tertiary/aromatic N) is 1. The van der Waals surface area contributed by atoms with Crippen molar-refractivity contribution in [3.8, 4) is 5.75 Å². The van der Waals surface area contributed by atoms with E-state index >= 15 is 0 Å². The lowest BCUT2D eigenvalue weighted by molar-refractivity contribution is 0.101. The Kier molecular flexibility index (Phi) is 4.20. The third-order valence-corrected chi connectivity index (χ3v) is 2.90. The Balaban J connectivity index is 2.34. The van der Waals surface area contributed by atoms with Crippen LogP contribution in [-0.4, -0.2) is 17.6 Å². The van der Waals surface area contributed by atoms with Crippen LogP contribution in [0.1, 0.15) is 10.5 Å². The number of carbonyl (C=O) groups is 1. The minimum atomic E-state index is -1.63. The maximum Gasteiger partial charge on any atom is 0.272 e. The van der Waals surface area contributed by atoms with Crippen molar-refractivity contribution in [3.63, 3.8) is 0 Å². The van der Waals surface area contributed by atoms with Gasteiger partial charge in [0.1, 0.15) is 5.69 Å². The van der Waals surface area contributed by atoms with E-state index in [4.69, 9.17) is 4.74 Å². The van der Waals surface area contributed by atoms with Crippen molar-refractivity contribution in [1.29, 1.82) is 0 Å². The molecule has 0 aliphatic rings. The van der Waals surface area contributed by atoms with Crippen LogP contribution in [-0.2, 0) is 7.05 Å². The van der Waals surface area contributed by atoms with Gasteiger partial charge in [-0.25, -0.2) is 13.2 Å². The van der Waals surface area contributed by atoms with Crippen molar-refractivity contribution in [2.45, 2.75) is 0 Å². The highest BCUT2D eigenvalue weighted by Crippen LogP contribution is 2.18. The van der Waals surface area contributed by atoms with Gasteiger partial charge in [-0.15, -0.1) is 0 Å². The zero-order valence-electron chi connectivity index (χ0n) is 11.6. The van der Waals surface area contributed by atoms with Gasteiger partial charge in [0.05, 0.1) is 13.3 Å². The highest BCUT2D eigenvalue weighted by molar-refractivity contribution is 6.03. The van der Waals surface area contributed by atoms with Gasteiger partial charge < -0.3 is 14.6 Å². The molecule has 1 amide bonds. The molecule has 8 heteroatoms. The second-order valence-electron chi connectivity index (χ2n) is 4.41. The van der Waals surface area contributed by atoms with Gasteiger partial charge in [-0.3, -0.25) is 9.59 Å². The molecule has 0 fully saturated rings. The summed E-state index contributed by atoms with van der Waals surface area (Å²) in [5, 5.41) is 2.19. The second kappa shape index (κ2) is 5.92. The van der Waals surface area contributed by atoms with E-state index in [1.54, 1.807) is 0 Å². The number of aromatic nitrogens is 1. The monoisotopic (exact) mass is 312 g/mol. The van der Waals surface area contributed by atoms with Crippen LogP contribution in [0.5, 0.6) is 5.75 Å². The summed E-state index contributed by atoms with van der Waals surface area (Å²) in [5.74, 6) is -5.24. The molecular formula is C14H11F3N2O3. The number of pyridine rings is 1. The maximum atomic E-state index is 13.1. The SMILES string of the molecule is COc1cn(C)c(C(=O)Nc2cc(F)c(F)c(F)c2)cc1=O. The van der Waals surface area contributed by atoms with E-state index in [-0.39, 0.29) is 17.1 Å². The Morgan fingerprint density at radius 1 is 1.18 bits per heavy atom. The molecule has 0 atom stereocenters. The quantitative estimate of drug-likeness (QED) is 0.883. The van der Waals surface area contributed by atoms with Crippen molar-refractivity contribution < 1.29 is 22.7 Å². The largest absolute Gasteiger partial charge is 0.491 e. The van der Waals surface area contributed by atoms with Gasteiger partial charge in [0.2, 0.25) is 5.43 Å². The minimum Gasteiger partial charge on any atom is -0.491 e. The number of methoxy groups -OCH3 is 1. The summed E-state index contributed by atoms with van der Waals surface area (Å²) in [5.41, 5.74) is -0.858. The Morgan fingerprint density at radius 3 is 2.32 bits per heavy atom. The first-order valence-corrected chi connectivity index (χ1v) is 6.04. The summed E-state index contributed by atoms with van der Waals surface area (Å²) in [7, 11) is 2.79. The van der Waals surface area contributed by atoms with Crippen LogP contribution in [0.25, 0.3) is 0 Å². The number of rotatable bonds is 3. The Labute approximate surface area is 122 Å².